The Hall–Kier alpha value is -1.08. The van der Waals surface area contributed by atoms with Gasteiger partial charge in [0.15, 0.2) is 0 Å². The van der Waals surface area contributed by atoms with Crippen LogP contribution in [0.4, 0.5) is 0 Å². The zero-order valence-corrected chi connectivity index (χ0v) is 11.9. The predicted molar refractivity (Wildman–Crippen MR) is 72.0 cm³/mol. The lowest BCUT2D eigenvalue weighted by Crippen LogP contribution is -2.45. The molecule has 102 valence electrons. The number of carbonyl (C=O) groups excluding carboxylic acids is 1. The maximum atomic E-state index is 11.9. The number of amides is 1. The molecule has 0 aromatic heterocycles. The molecule has 0 aliphatic carbocycles. The standard InChI is InChI=1S/C14H25N3O/c1-12-6-4-7-13(2)17(12)11-8-14(18)16(3)10-5-9-15/h12-13H,4-8,10-11H2,1-3H3. The molecule has 0 N–H and O–H groups in total. The second kappa shape index (κ2) is 7.38. The van der Waals surface area contributed by atoms with Crippen molar-refractivity contribution in [3.8, 4) is 6.07 Å². The summed E-state index contributed by atoms with van der Waals surface area (Å²) in [5.41, 5.74) is 0. The van der Waals surface area contributed by atoms with Gasteiger partial charge in [0, 0.05) is 38.6 Å². The van der Waals surface area contributed by atoms with Crippen LogP contribution in [0.2, 0.25) is 0 Å². The van der Waals surface area contributed by atoms with E-state index in [1.807, 2.05) is 0 Å². The lowest BCUT2D eigenvalue weighted by molar-refractivity contribution is -0.130. The van der Waals surface area contributed by atoms with Gasteiger partial charge in [-0.2, -0.15) is 5.26 Å². The molecule has 1 rings (SSSR count). The summed E-state index contributed by atoms with van der Waals surface area (Å²) in [7, 11) is 1.78. The summed E-state index contributed by atoms with van der Waals surface area (Å²) in [5.74, 6) is 0.148. The molecule has 1 amide bonds. The lowest BCUT2D eigenvalue weighted by atomic mass is 9.97. The van der Waals surface area contributed by atoms with E-state index in [2.05, 4.69) is 24.8 Å². The Morgan fingerprint density at radius 1 is 1.39 bits per heavy atom. The summed E-state index contributed by atoms with van der Waals surface area (Å²) in [4.78, 5) is 16.0. The molecule has 18 heavy (non-hydrogen) atoms. The number of carbonyl (C=O) groups is 1. The second-order valence-electron chi connectivity index (χ2n) is 5.34. The lowest BCUT2D eigenvalue weighted by Gasteiger charge is -2.39. The number of nitriles is 1. The van der Waals surface area contributed by atoms with Gasteiger partial charge in [0.2, 0.25) is 5.91 Å². The Morgan fingerprint density at radius 2 is 2.00 bits per heavy atom. The van der Waals surface area contributed by atoms with E-state index >= 15 is 0 Å². The average molecular weight is 251 g/mol. The van der Waals surface area contributed by atoms with Crippen molar-refractivity contribution in [2.24, 2.45) is 0 Å². The van der Waals surface area contributed by atoms with Crippen LogP contribution in [0.15, 0.2) is 0 Å². The third-order valence-electron chi connectivity index (χ3n) is 3.94. The minimum atomic E-state index is 0.148. The third kappa shape index (κ3) is 4.30. The van der Waals surface area contributed by atoms with E-state index in [0.717, 1.165) is 6.54 Å². The van der Waals surface area contributed by atoms with E-state index in [9.17, 15) is 4.79 Å². The van der Waals surface area contributed by atoms with Gasteiger partial charge in [0.25, 0.3) is 0 Å². The van der Waals surface area contributed by atoms with E-state index in [1.165, 1.54) is 19.3 Å². The molecule has 1 heterocycles. The highest BCUT2D eigenvalue weighted by Gasteiger charge is 2.25. The largest absolute Gasteiger partial charge is 0.345 e. The molecule has 1 saturated heterocycles. The van der Waals surface area contributed by atoms with Crippen molar-refractivity contribution >= 4 is 5.91 Å². The first-order valence-corrected chi connectivity index (χ1v) is 6.93. The number of nitrogens with zero attached hydrogens (tertiary/aromatic N) is 3. The average Bonchev–Trinajstić information content (AvgIpc) is 2.35. The maximum absolute atomic E-state index is 11.9. The summed E-state index contributed by atoms with van der Waals surface area (Å²) in [6, 6.07) is 3.25. The number of hydrogen-bond acceptors (Lipinski definition) is 3. The van der Waals surface area contributed by atoms with Crippen LogP contribution >= 0.6 is 0 Å². The molecule has 0 bridgehead atoms. The molecular formula is C14H25N3O. The van der Waals surface area contributed by atoms with E-state index < -0.39 is 0 Å². The van der Waals surface area contributed by atoms with Gasteiger partial charge in [-0.1, -0.05) is 6.42 Å². The minimum Gasteiger partial charge on any atom is -0.345 e. The molecule has 4 nitrogen and oxygen atoms in total. The first kappa shape index (κ1) is 15.0. The van der Waals surface area contributed by atoms with Crippen molar-refractivity contribution < 1.29 is 4.79 Å². The molecule has 0 aromatic rings. The van der Waals surface area contributed by atoms with Gasteiger partial charge in [-0.25, -0.2) is 0 Å². The molecule has 1 fully saturated rings. The van der Waals surface area contributed by atoms with Gasteiger partial charge in [-0.3, -0.25) is 9.69 Å². The fourth-order valence-electron chi connectivity index (χ4n) is 2.67. The zero-order chi connectivity index (χ0) is 13.5. The maximum Gasteiger partial charge on any atom is 0.223 e. The van der Waals surface area contributed by atoms with Gasteiger partial charge >= 0.3 is 0 Å². The Morgan fingerprint density at radius 3 is 2.56 bits per heavy atom. The van der Waals surface area contributed by atoms with Crippen LogP contribution in [-0.2, 0) is 4.79 Å². The van der Waals surface area contributed by atoms with Crippen molar-refractivity contribution in [1.29, 1.82) is 5.26 Å². The van der Waals surface area contributed by atoms with Crippen molar-refractivity contribution in [1.82, 2.24) is 9.80 Å². The predicted octanol–water partition coefficient (Wildman–Crippen LogP) is 2.01. The highest BCUT2D eigenvalue weighted by Crippen LogP contribution is 2.22. The monoisotopic (exact) mass is 251 g/mol. The molecule has 1 aliphatic rings. The summed E-state index contributed by atoms with van der Waals surface area (Å²) >= 11 is 0. The van der Waals surface area contributed by atoms with E-state index in [4.69, 9.17) is 5.26 Å². The molecule has 0 saturated carbocycles. The number of likely N-dealkylation sites (tertiary alicyclic amines) is 1. The van der Waals surface area contributed by atoms with Crippen LogP contribution in [0.1, 0.15) is 46.0 Å². The quantitative estimate of drug-likeness (QED) is 0.751. The van der Waals surface area contributed by atoms with E-state index in [0.29, 0.717) is 31.5 Å². The Labute approximate surface area is 111 Å². The number of rotatable bonds is 5. The van der Waals surface area contributed by atoms with Gasteiger partial charge < -0.3 is 4.90 Å². The minimum absolute atomic E-state index is 0.148. The highest BCUT2D eigenvalue weighted by molar-refractivity contribution is 5.76. The normalized spacial score (nSPS) is 24.6. The van der Waals surface area contributed by atoms with Gasteiger partial charge in [-0.05, 0) is 26.7 Å². The Kier molecular flexibility index (Phi) is 6.14. The van der Waals surface area contributed by atoms with Crippen LogP contribution in [0.5, 0.6) is 0 Å². The summed E-state index contributed by atoms with van der Waals surface area (Å²) in [6.07, 6.45) is 4.76. The van der Waals surface area contributed by atoms with Crippen LogP contribution in [0.25, 0.3) is 0 Å². The first-order chi connectivity index (χ1) is 8.56. The van der Waals surface area contributed by atoms with Crippen LogP contribution in [0, 0.1) is 11.3 Å². The van der Waals surface area contributed by atoms with E-state index in [1.54, 1.807) is 11.9 Å². The topological polar surface area (TPSA) is 47.3 Å². The van der Waals surface area contributed by atoms with Gasteiger partial charge in [-0.15, -0.1) is 0 Å². The summed E-state index contributed by atoms with van der Waals surface area (Å²) < 4.78 is 0. The Bertz CT molecular complexity index is 301. The molecule has 0 spiro atoms. The van der Waals surface area contributed by atoms with Gasteiger partial charge in [0.05, 0.1) is 12.5 Å². The zero-order valence-electron chi connectivity index (χ0n) is 11.9. The molecule has 2 unspecified atom stereocenters. The highest BCUT2D eigenvalue weighted by atomic mass is 16.2. The molecule has 2 atom stereocenters. The van der Waals surface area contributed by atoms with Crippen molar-refractivity contribution in [3.63, 3.8) is 0 Å². The van der Waals surface area contributed by atoms with Crippen LogP contribution in [0.3, 0.4) is 0 Å². The van der Waals surface area contributed by atoms with Crippen molar-refractivity contribution in [2.45, 2.75) is 58.0 Å². The fraction of sp³-hybridized carbons (Fsp3) is 0.857. The Balaban J connectivity index is 2.34. The molecule has 1 aliphatic heterocycles. The third-order valence-corrected chi connectivity index (χ3v) is 3.94. The molecule has 4 heteroatoms. The number of hydrogen-bond donors (Lipinski definition) is 0. The molecule has 0 aromatic carbocycles. The van der Waals surface area contributed by atoms with Crippen molar-refractivity contribution in [2.75, 3.05) is 20.1 Å². The summed E-state index contributed by atoms with van der Waals surface area (Å²) in [5, 5.41) is 8.50. The SMILES string of the molecule is CC1CCCC(C)N1CCC(=O)N(C)CCC#N. The van der Waals surface area contributed by atoms with Gasteiger partial charge in [0.1, 0.15) is 0 Å². The smallest absolute Gasteiger partial charge is 0.223 e. The summed E-state index contributed by atoms with van der Waals surface area (Å²) in [6.45, 7) is 5.89. The number of piperidine rings is 1. The fourth-order valence-corrected chi connectivity index (χ4v) is 2.67. The van der Waals surface area contributed by atoms with Crippen molar-refractivity contribution in [3.05, 3.63) is 0 Å². The van der Waals surface area contributed by atoms with Crippen LogP contribution in [-0.4, -0.2) is 47.9 Å². The molecular weight excluding hydrogens is 226 g/mol. The first-order valence-electron chi connectivity index (χ1n) is 6.93. The molecule has 0 radical (unpaired) electrons. The van der Waals surface area contributed by atoms with E-state index in [-0.39, 0.29) is 5.91 Å². The van der Waals surface area contributed by atoms with Crippen LogP contribution < -0.4 is 0 Å². The second-order valence-corrected chi connectivity index (χ2v) is 5.34.